The number of hydrogen-bond acceptors (Lipinski definition) is 5. The van der Waals surface area contributed by atoms with Crippen LogP contribution in [0.1, 0.15) is 34.3 Å². The SMILES string of the molecule is N#C/C(=C\c1ccc(O)cc1)c1nc(C(c2ccccc2)c2ccccc2)no1. The zero-order valence-corrected chi connectivity index (χ0v) is 15.4. The molecule has 1 N–H and O–H groups in total. The van der Waals surface area contributed by atoms with E-state index in [0.717, 1.165) is 16.7 Å². The number of aromatic nitrogens is 2. The lowest BCUT2D eigenvalue weighted by Crippen LogP contribution is -2.05. The molecule has 0 saturated heterocycles. The lowest BCUT2D eigenvalue weighted by atomic mass is 9.91. The van der Waals surface area contributed by atoms with Crippen LogP contribution >= 0.6 is 0 Å². The van der Waals surface area contributed by atoms with Gasteiger partial charge in [0.2, 0.25) is 0 Å². The number of nitrogens with zero attached hydrogens (tertiary/aromatic N) is 3. The Hall–Kier alpha value is -4.17. The highest BCUT2D eigenvalue weighted by atomic mass is 16.5. The van der Waals surface area contributed by atoms with Gasteiger partial charge < -0.3 is 9.63 Å². The number of phenols is 1. The van der Waals surface area contributed by atoms with Gasteiger partial charge >= 0.3 is 0 Å². The van der Waals surface area contributed by atoms with Crippen LogP contribution in [-0.2, 0) is 0 Å². The minimum atomic E-state index is -0.205. The predicted octanol–water partition coefficient (Wildman–Crippen LogP) is 5.02. The lowest BCUT2D eigenvalue weighted by molar-refractivity contribution is 0.401. The third kappa shape index (κ3) is 4.07. The van der Waals surface area contributed by atoms with E-state index >= 15 is 0 Å². The van der Waals surface area contributed by atoms with Crippen LogP contribution in [-0.4, -0.2) is 15.2 Å². The first kappa shape index (κ1) is 18.2. The minimum Gasteiger partial charge on any atom is -0.508 e. The normalized spacial score (nSPS) is 11.4. The molecule has 4 rings (SSSR count). The average molecular weight is 379 g/mol. The molecule has 29 heavy (non-hydrogen) atoms. The number of phenolic OH excluding ortho intramolecular Hbond substituents is 1. The Labute approximate surface area is 168 Å². The molecule has 5 heteroatoms. The molecule has 0 fully saturated rings. The Bertz CT molecular complexity index is 1120. The summed E-state index contributed by atoms with van der Waals surface area (Å²) in [6.45, 7) is 0. The summed E-state index contributed by atoms with van der Waals surface area (Å²) >= 11 is 0. The van der Waals surface area contributed by atoms with Crippen LogP contribution in [0.3, 0.4) is 0 Å². The summed E-state index contributed by atoms with van der Waals surface area (Å²) in [6, 6.07) is 28.5. The fraction of sp³-hybridized carbons (Fsp3) is 0.0417. The molecular formula is C24H17N3O2. The molecule has 3 aromatic carbocycles. The van der Waals surface area contributed by atoms with Crippen LogP contribution in [0.2, 0.25) is 0 Å². The number of rotatable bonds is 5. The van der Waals surface area contributed by atoms with Crippen molar-refractivity contribution in [2.45, 2.75) is 5.92 Å². The van der Waals surface area contributed by atoms with Gasteiger partial charge in [0.05, 0.1) is 5.92 Å². The Morgan fingerprint density at radius 3 is 2.03 bits per heavy atom. The molecule has 4 aromatic rings. The van der Waals surface area contributed by atoms with Gasteiger partial charge in [0.1, 0.15) is 17.4 Å². The standard InChI is InChI=1S/C24H17N3O2/c25-16-20(15-17-11-13-21(28)14-12-17)24-26-23(27-29-24)22(18-7-3-1-4-8-18)19-9-5-2-6-10-19/h1-15,22,28H/b20-15+. The van der Waals surface area contributed by atoms with E-state index in [9.17, 15) is 10.4 Å². The number of nitriles is 1. The smallest absolute Gasteiger partial charge is 0.268 e. The van der Waals surface area contributed by atoms with Gasteiger partial charge in [0.15, 0.2) is 5.82 Å². The topological polar surface area (TPSA) is 82.9 Å². The van der Waals surface area contributed by atoms with E-state index in [-0.39, 0.29) is 23.1 Å². The Morgan fingerprint density at radius 1 is 0.897 bits per heavy atom. The van der Waals surface area contributed by atoms with Crippen molar-refractivity contribution >= 4 is 11.6 Å². The van der Waals surface area contributed by atoms with Crippen molar-refractivity contribution in [3.05, 3.63) is 113 Å². The molecule has 0 unspecified atom stereocenters. The molecule has 0 amide bonds. The number of allylic oxidation sites excluding steroid dienone is 1. The summed E-state index contributed by atoms with van der Waals surface area (Å²) in [4.78, 5) is 4.53. The molecule has 0 aliphatic heterocycles. The second-order valence-electron chi connectivity index (χ2n) is 6.47. The highest BCUT2D eigenvalue weighted by Crippen LogP contribution is 2.30. The number of benzene rings is 3. The third-order valence-corrected chi connectivity index (χ3v) is 4.52. The zero-order valence-electron chi connectivity index (χ0n) is 15.4. The van der Waals surface area contributed by atoms with Gasteiger partial charge in [0.25, 0.3) is 5.89 Å². The largest absolute Gasteiger partial charge is 0.508 e. The molecular weight excluding hydrogens is 362 g/mol. The molecule has 0 aliphatic rings. The van der Waals surface area contributed by atoms with E-state index < -0.39 is 0 Å². The predicted molar refractivity (Wildman–Crippen MR) is 110 cm³/mol. The van der Waals surface area contributed by atoms with E-state index in [2.05, 4.69) is 16.2 Å². The first-order valence-electron chi connectivity index (χ1n) is 9.09. The zero-order chi connectivity index (χ0) is 20.1. The van der Waals surface area contributed by atoms with Crippen LogP contribution in [0, 0.1) is 11.3 Å². The Morgan fingerprint density at radius 2 is 1.48 bits per heavy atom. The summed E-state index contributed by atoms with van der Waals surface area (Å²) in [5.74, 6) is 0.606. The quantitative estimate of drug-likeness (QED) is 0.492. The van der Waals surface area contributed by atoms with E-state index in [1.807, 2.05) is 60.7 Å². The van der Waals surface area contributed by atoms with Gasteiger partial charge in [-0.3, -0.25) is 0 Å². The van der Waals surface area contributed by atoms with Crippen molar-refractivity contribution in [3.63, 3.8) is 0 Å². The summed E-state index contributed by atoms with van der Waals surface area (Å²) in [5, 5.41) is 23.2. The van der Waals surface area contributed by atoms with Gasteiger partial charge in [-0.1, -0.05) is 78.0 Å². The molecule has 0 spiro atoms. The molecule has 0 radical (unpaired) electrons. The fourth-order valence-corrected chi connectivity index (χ4v) is 3.12. The van der Waals surface area contributed by atoms with Crippen LogP contribution in [0.4, 0.5) is 0 Å². The average Bonchev–Trinajstić information content (AvgIpc) is 3.24. The second kappa shape index (κ2) is 8.24. The minimum absolute atomic E-state index is 0.160. The van der Waals surface area contributed by atoms with Crippen molar-refractivity contribution < 1.29 is 9.63 Å². The lowest BCUT2D eigenvalue weighted by Gasteiger charge is -2.14. The van der Waals surface area contributed by atoms with E-state index in [4.69, 9.17) is 4.52 Å². The maximum atomic E-state index is 9.58. The molecule has 1 heterocycles. The highest BCUT2D eigenvalue weighted by molar-refractivity contribution is 5.86. The Kier molecular flexibility index (Phi) is 5.17. The molecule has 0 saturated carbocycles. The van der Waals surface area contributed by atoms with Crippen LogP contribution in [0.5, 0.6) is 5.75 Å². The fourth-order valence-electron chi connectivity index (χ4n) is 3.12. The van der Waals surface area contributed by atoms with Crippen LogP contribution in [0.15, 0.2) is 89.5 Å². The maximum Gasteiger partial charge on any atom is 0.268 e. The van der Waals surface area contributed by atoms with Crippen LogP contribution < -0.4 is 0 Å². The Balaban J connectivity index is 1.74. The van der Waals surface area contributed by atoms with E-state index in [1.165, 1.54) is 0 Å². The number of aromatic hydroxyl groups is 1. The first-order chi connectivity index (χ1) is 14.2. The van der Waals surface area contributed by atoms with Crippen LogP contribution in [0.25, 0.3) is 11.6 Å². The molecule has 5 nitrogen and oxygen atoms in total. The van der Waals surface area contributed by atoms with Crippen molar-refractivity contribution in [1.29, 1.82) is 5.26 Å². The monoisotopic (exact) mass is 379 g/mol. The summed E-state index contributed by atoms with van der Waals surface area (Å²) < 4.78 is 5.44. The highest BCUT2D eigenvalue weighted by Gasteiger charge is 2.23. The van der Waals surface area contributed by atoms with Crippen molar-refractivity contribution in [3.8, 4) is 11.8 Å². The van der Waals surface area contributed by atoms with E-state index in [0.29, 0.717) is 5.82 Å². The van der Waals surface area contributed by atoms with Gasteiger partial charge in [-0.15, -0.1) is 0 Å². The summed E-state index contributed by atoms with van der Waals surface area (Å²) in [5.41, 5.74) is 3.08. The van der Waals surface area contributed by atoms with Crippen molar-refractivity contribution in [2.24, 2.45) is 0 Å². The maximum absolute atomic E-state index is 9.58. The second-order valence-corrected chi connectivity index (χ2v) is 6.47. The molecule has 0 bridgehead atoms. The van der Waals surface area contributed by atoms with Crippen molar-refractivity contribution in [1.82, 2.24) is 10.1 Å². The molecule has 140 valence electrons. The van der Waals surface area contributed by atoms with Gasteiger partial charge in [0, 0.05) is 0 Å². The van der Waals surface area contributed by atoms with Gasteiger partial charge in [-0.2, -0.15) is 10.2 Å². The van der Waals surface area contributed by atoms with Crippen molar-refractivity contribution in [2.75, 3.05) is 0 Å². The third-order valence-electron chi connectivity index (χ3n) is 4.52. The van der Waals surface area contributed by atoms with E-state index in [1.54, 1.807) is 30.3 Å². The first-order valence-corrected chi connectivity index (χ1v) is 9.09. The molecule has 0 aliphatic carbocycles. The summed E-state index contributed by atoms with van der Waals surface area (Å²) in [7, 11) is 0. The molecule has 1 aromatic heterocycles. The number of hydrogen-bond donors (Lipinski definition) is 1. The van der Waals surface area contributed by atoms with Gasteiger partial charge in [-0.25, -0.2) is 0 Å². The van der Waals surface area contributed by atoms with Gasteiger partial charge in [-0.05, 0) is 34.9 Å². The summed E-state index contributed by atoms with van der Waals surface area (Å²) in [6.07, 6.45) is 1.65. The molecule has 0 atom stereocenters.